The van der Waals surface area contributed by atoms with Crippen molar-refractivity contribution in [3.8, 4) is 0 Å². The summed E-state index contributed by atoms with van der Waals surface area (Å²) in [6.07, 6.45) is 11.1. The average Bonchev–Trinajstić information content (AvgIpc) is 2.28. The normalized spacial score (nSPS) is 18.4. The van der Waals surface area contributed by atoms with Crippen LogP contribution in [0.1, 0.15) is 57.8 Å². The minimum Gasteiger partial charge on any atom is -0.356 e. The number of rotatable bonds is 6. The second-order valence-electron chi connectivity index (χ2n) is 5.22. The first-order valence-corrected chi connectivity index (χ1v) is 7.24. The standard InChI is InChI=1S/C14H28N2O/c1-15-11-7-10-14(17)16-12-13-8-5-3-2-4-6-9-13/h13,15H,2-12H2,1H3,(H,16,17). The van der Waals surface area contributed by atoms with Gasteiger partial charge in [0.1, 0.15) is 0 Å². The number of carbonyl (C=O) groups excluding carboxylic acids is 1. The van der Waals surface area contributed by atoms with E-state index in [1.165, 1.54) is 44.9 Å². The van der Waals surface area contributed by atoms with Crippen molar-refractivity contribution in [2.24, 2.45) is 5.92 Å². The van der Waals surface area contributed by atoms with Gasteiger partial charge in [-0.1, -0.05) is 32.1 Å². The Labute approximate surface area is 106 Å². The molecule has 0 unspecified atom stereocenters. The van der Waals surface area contributed by atoms with Crippen LogP contribution < -0.4 is 10.6 Å². The number of carbonyl (C=O) groups is 1. The Balaban J connectivity index is 2.08. The number of hydrogen-bond acceptors (Lipinski definition) is 2. The third kappa shape index (κ3) is 7.37. The highest BCUT2D eigenvalue weighted by Crippen LogP contribution is 2.21. The van der Waals surface area contributed by atoms with E-state index >= 15 is 0 Å². The van der Waals surface area contributed by atoms with Gasteiger partial charge < -0.3 is 10.6 Å². The second-order valence-corrected chi connectivity index (χ2v) is 5.22. The highest BCUT2D eigenvalue weighted by molar-refractivity contribution is 5.75. The number of hydrogen-bond donors (Lipinski definition) is 2. The molecule has 1 aliphatic carbocycles. The summed E-state index contributed by atoms with van der Waals surface area (Å²) in [7, 11) is 1.92. The fourth-order valence-corrected chi connectivity index (χ4v) is 2.52. The van der Waals surface area contributed by atoms with Crippen molar-refractivity contribution in [3.63, 3.8) is 0 Å². The maximum Gasteiger partial charge on any atom is 0.220 e. The van der Waals surface area contributed by atoms with Crippen LogP contribution in [-0.2, 0) is 4.79 Å². The zero-order chi connectivity index (χ0) is 12.3. The number of amides is 1. The predicted octanol–water partition coefficient (Wildman–Crippen LogP) is 2.46. The lowest BCUT2D eigenvalue weighted by atomic mass is 9.91. The summed E-state index contributed by atoms with van der Waals surface area (Å²) in [5.41, 5.74) is 0. The van der Waals surface area contributed by atoms with Crippen LogP contribution in [0.3, 0.4) is 0 Å². The Bertz CT molecular complexity index is 198. The van der Waals surface area contributed by atoms with Crippen LogP contribution in [0.5, 0.6) is 0 Å². The Morgan fingerprint density at radius 2 is 1.76 bits per heavy atom. The first-order chi connectivity index (χ1) is 8.33. The molecule has 0 bridgehead atoms. The van der Waals surface area contributed by atoms with Crippen molar-refractivity contribution < 1.29 is 4.79 Å². The van der Waals surface area contributed by atoms with Gasteiger partial charge >= 0.3 is 0 Å². The lowest BCUT2D eigenvalue weighted by Gasteiger charge is -2.19. The Morgan fingerprint density at radius 1 is 1.12 bits per heavy atom. The third-order valence-electron chi connectivity index (χ3n) is 3.64. The average molecular weight is 240 g/mol. The van der Waals surface area contributed by atoms with Gasteiger partial charge in [-0.15, -0.1) is 0 Å². The highest BCUT2D eigenvalue weighted by atomic mass is 16.1. The van der Waals surface area contributed by atoms with E-state index in [9.17, 15) is 4.79 Å². The van der Waals surface area contributed by atoms with Gasteiger partial charge in [0.05, 0.1) is 0 Å². The summed E-state index contributed by atoms with van der Waals surface area (Å²) in [6.45, 7) is 1.83. The molecule has 0 saturated heterocycles. The molecule has 1 rings (SSSR count). The molecular formula is C14H28N2O. The molecule has 1 fully saturated rings. The summed E-state index contributed by atoms with van der Waals surface area (Å²) >= 11 is 0. The minimum absolute atomic E-state index is 0.224. The summed E-state index contributed by atoms with van der Waals surface area (Å²) < 4.78 is 0. The molecule has 1 saturated carbocycles. The zero-order valence-electron chi connectivity index (χ0n) is 11.3. The van der Waals surface area contributed by atoms with E-state index in [-0.39, 0.29) is 5.91 Å². The van der Waals surface area contributed by atoms with Gasteiger partial charge in [0, 0.05) is 13.0 Å². The Kier molecular flexibility index (Phi) is 8.06. The van der Waals surface area contributed by atoms with Crippen molar-refractivity contribution in [1.29, 1.82) is 0 Å². The first-order valence-electron chi connectivity index (χ1n) is 7.24. The van der Waals surface area contributed by atoms with Crippen molar-refractivity contribution >= 4 is 5.91 Å². The fourth-order valence-electron chi connectivity index (χ4n) is 2.52. The molecule has 0 heterocycles. The largest absolute Gasteiger partial charge is 0.356 e. The summed E-state index contributed by atoms with van der Waals surface area (Å²) in [5, 5.41) is 6.16. The van der Waals surface area contributed by atoms with Gasteiger partial charge in [0.15, 0.2) is 0 Å². The van der Waals surface area contributed by atoms with Gasteiger partial charge in [-0.3, -0.25) is 4.79 Å². The van der Waals surface area contributed by atoms with Crippen molar-refractivity contribution in [1.82, 2.24) is 10.6 Å². The van der Waals surface area contributed by atoms with E-state index in [1.807, 2.05) is 7.05 Å². The Morgan fingerprint density at radius 3 is 2.41 bits per heavy atom. The first kappa shape index (κ1) is 14.5. The van der Waals surface area contributed by atoms with Gasteiger partial charge in [-0.05, 0) is 38.8 Å². The maximum absolute atomic E-state index is 11.6. The topological polar surface area (TPSA) is 41.1 Å². The van der Waals surface area contributed by atoms with E-state index in [2.05, 4.69) is 10.6 Å². The summed E-state index contributed by atoms with van der Waals surface area (Å²) in [4.78, 5) is 11.6. The van der Waals surface area contributed by atoms with Crippen molar-refractivity contribution in [3.05, 3.63) is 0 Å². The molecule has 0 atom stereocenters. The van der Waals surface area contributed by atoms with E-state index in [0.717, 1.165) is 25.4 Å². The monoisotopic (exact) mass is 240 g/mol. The zero-order valence-corrected chi connectivity index (χ0v) is 11.3. The van der Waals surface area contributed by atoms with E-state index in [0.29, 0.717) is 6.42 Å². The quantitative estimate of drug-likeness (QED) is 0.700. The fraction of sp³-hybridized carbons (Fsp3) is 0.929. The smallest absolute Gasteiger partial charge is 0.220 e. The van der Waals surface area contributed by atoms with E-state index < -0.39 is 0 Å². The summed E-state index contributed by atoms with van der Waals surface area (Å²) in [6, 6.07) is 0. The van der Waals surface area contributed by atoms with Gasteiger partial charge in [-0.2, -0.15) is 0 Å². The molecule has 3 heteroatoms. The second kappa shape index (κ2) is 9.46. The molecule has 0 aliphatic heterocycles. The van der Waals surface area contributed by atoms with Gasteiger partial charge in [-0.25, -0.2) is 0 Å². The van der Waals surface area contributed by atoms with Gasteiger partial charge in [0.2, 0.25) is 5.91 Å². The van der Waals surface area contributed by atoms with Crippen molar-refractivity contribution in [2.45, 2.75) is 57.8 Å². The maximum atomic E-state index is 11.6. The lowest BCUT2D eigenvalue weighted by molar-refractivity contribution is -0.121. The molecule has 17 heavy (non-hydrogen) atoms. The molecule has 100 valence electrons. The van der Waals surface area contributed by atoms with Crippen LogP contribution >= 0.6 is 0 Å². The molecule has 1 aliphatic rings. The molecule has 0 aromatic heterocycles. The van der Waals surface area contributed by atoms with Gasteiger partial charge in [0.25, 0.3) is 0 Å². The van der Waals surface area contributed by atoms with Crippen LogP contribution in [0.4, 0.5) is 0 Å². The molecule has 2 N–H and O–H groups in total. The SMILES string of the molecule is CNCCCC(=O)NCC1CCCCCCC1. The third-order valence-corrected chi connectivity index (χ3v) is 3.64. The Hall–Kier alpha value is -0.570. The van der Waals surface area contributed by atoms with E-state index in [4.69, 9.17) is 0 Å². The lowest BCUT2D eigenvalue weighted by Crippen LogP contribution is -2.30. The molecule has 0 aromatic rings. The summed E-state index contributed by atoms with van der Waals surface area (Å²) in [5.74, 6) is 0.950. The minimum atomic E-state index is 0.224. The molecular weight excluding hydrogens is 212 g/mol. The van der Waals surface area contributed by atoms with E-state index in [1.54, 1.807) is 0 Å². The molecule has 3 nitrogen and oxygen atoms in total. The molecule has 0 aromatic carbocycles. The van der Waals surface area contributed by atoms with Crippen molar-refractivity contribution in [2.75, 3.05) is 20.1 Å². The van der Waals surface area contributed by atoms with Crippen LogP contribution in [0.2, 0.25) is 0 Å². The van der Waals surface area contributed by atoms with Crippen LogP contribution in [0.25, 0.3) is 0 Å². The van der Waals surface area contributed by atoms with Crippen LogP contribution in [-0.4, -0.2) is 26.0 Å². The van der Waals surface area contributed by atoms with Crippen LogP contribution in [0.15, 0.2) is 0 Å². The molecule has 1 amide bonds. The predicted molar refractivity (Wildman–Crippen MR) is 72.0 cm³/mol. The van der Waals surface area contributed by atoms with Crippen LogP contribution in [0, 0.1) is 5.92 Å². The molecule has 0 radical (unpaired) electrons. The number of nitrogens with one attached hydrogen (secondary N) is 2. The molecule has 0 spiro atoms. The highest BCUT2D eigenvalue weighted by Gasteiger charge is 2.12.